The molecule has 1 fully saturated rings. The average Bonchev–Trinajstić information content (AvgIpc) is 2.74. The Morgan fingerprint density at radius 1 is 1.56 bits per heavy atom. The molecule has 1 aliphatic heterocycles. The Kier molecular flexibility index (Phi) is 3.73. The predicted octanol–water partition coefficient (Wildman–Crippen LogP) is 1.53. The van der Waals surface area contributed by atoms with Gasteiger partial charge < -0.3 is 15.5 Å². The molecule has 2 rings (SSSR count). The van der Waals surface area contributed by atoms with Crippen LogP contribution >= 0.6 is 0 Å². The molecule has 1 unspecified atom stereocenters. The summed E-state index contributed by atoms with van der Waals surface area (Å²) >= 11 is 0. The maximum absolute atomic E-state index is 8.83. The van der Waals surface area contributed by atoms with Gasteiger partial charge in [0.2, 0.25) is 0 Å². The zero-order chi connectivity index (χ0) is 13.1. The zero-order valence-electron chi connectivity index (χ0n) is 11.1. The highest BCUT2D eigenvalue weighted by atomic mass is 15.2. The van der Waals surface area contributed by atoms with E-state index >= 15 is 0 Å². The van der Waals surface area contributed by atoms with E-state index in [0.29, 0.717) is 17.2 Å². The Bertz CT molecular complexity index is 463. The third-order valence-corrected chi connectivity index (χ3v) is 3.59. The first-order chi connectivity index (χ1) is 8.60. The average molecular weight is 244 g/mol. The summed E-state index contributed by atoms with van der Waals surface area (Å²) in [4.78, 5) is 4.56. The fourth-order valence-electron chi connectivity index (χ4n) is 2.63. The molecule has 0 amide bonds. The molecule has 0 saturated carbocycles. The molecule has 1 saturated heterocycles. The molecule has 0 radical (unpaired) electrons. The molecule has 0 bridgehead atoms. The van der Waals surface area contributed by atoms with Gasteiger partial charge in [0, 0.05) is 20.1 Å². The summed E-state index contributed by atoms with van der Waals surface area (Å²) in [5.74, 6) is 0.704. The number of likely N-dealkylation sites (tertiary alicyclic amines) is 1. The minimum absolute atomic E-state index is 0.616. The number of rotatable bonds is 3. The number of benzene rings is 1. The van der Waals surface area contributed by atoms with Gasteiger partial charge in [-0.05, 0) is 44.1 Å². The lowest BCUT2D eigenvalue weighted by molar-refractivity contribution is 0.396. The van der Waals surface area contributed by atoms with Gasteiger partial charge >= 0.3 is 0 Å². The summed E-state index contributed by atoms with van der Waals surface area (Å²) in [5, 5.41) is 8.83. The van der Waals surface area contributed by atoms with Crippen molar-refractivity contribution in [3.05, 3.63) is 23.8 Å². The molecular weight excluding hydrogens is 224 g/mol. The molecule has 1 aliphatic rings. The SMILES string of the molecule is CN1CCC(CN(C)c2ccc(C#N)cc2N)C1. The predicted molar refractivity (Wildman–Crippen MR) is 74.4 cm³/mol. The van der Waals surface area contributed by atoms with Crippen molar-refractivity contribution in [1.29, 1.82) is 5.26 Å². The number of nitriles is 1. The lowest BCUT2D eigenvalue weighted by Crippen LogP contribution is -2.27. The number of nitrogens with zero attached hydrogens (tertiary/aromatic N) is 3. The smallest absolute Gasteiger partial charge is 0.0992 e. The second-order valence-electron chi connectivity index (χ2n) is 5.18. The van der Waals surface area contributed by atoms with Crippen molar-refractivity contribution < 1.29 is 0 Å². The number of nitrogens with two attached hydrogens (primary N) is 1. The molecule has 0 spiro atoms. The molecule has 1 heterocycles. The van der Waals surface area contributed by atoms with Crippen LogP contribution in [-0.2, 0) is 0 Å². The van der Waals surface area contributed by atoms with E-state index in [2.05, 4.69) is 30.0 Å². The first kappa shape index (κ1) is 12.7. The maximum atomic E-state index is 8.83. The van der Waals surface area contributed by atoms with Crippen LogP contribution in [0.3, 0.4) is 0 Å². The van der Waals surface area contributed by atoms with Crippen LogP contribution in [0, 0.1) is 17.2 Å². The molecule has 2 N–H and O–H groups in total. The fourth-order valence-corrected chi connectivity index (χ4v) is 2.63. The quantitative estimate of drug-likeness (QED) is 0.819. The highest BCUT2D eigenvalue weighted by Gasteiger charge is 2.21. The van der Waals surface area contributed by atoms with E-state index in [1.54, 1.807) is 6.07 Å². The van der Waals surface area contributed by atoms with Crippen LogP contribution in [0.1, 0.15) is 12.0 Å². The number of hydrogen-bond donors (Lipinski definition) is 1. The van der Waals surface area contributed by atoms with Gasteiger partial charge in [0.05, 0.1) is 23.0 Å². The summed E-state index contributed by atoms with van der Waals surface area (Å²) in [6.45, 7) is 3.35. The van der Waals surface area contributed by atoms with E-state index in [4.69, 9.17) is 11.0 Å². The van der Waals surface area contributed by atoms with E-state index in [1.165, 1.54) is 13.0 Å². The molecule has 0 aromatic heterocycles. The lowest BCUT2D eigenvalue weighted by atomic mass is 10.1. The van der Waals surface area contributed by atoms with Crippen LogP contribution in [0.4, 0.5) is 11.4 Å². The van der Waals surface area contributed by atoms with E-state index in [9.17, 15) is 0 Å². The van der Waals surface area contributed by atoms with Gasteiger partial charge in [-0.25, -0.2) is 0 Å². The number of hydrogen-bond acceptors (Lipinski definition) is 4. The van der Waals surface area contributed by atoms with E-state index in [1.807, 2.05) is 12.1 Å². The largest absolute Gasteiger partial charge is 0.397 e. The van der Waals surface area contributed by atoms with Crippen LogP contribution in [0.25, 0.3) is 0 Å². The van der Waals surface area contributed by atoms with Crippen LogP contribution in [0.2, 0.25) is 0 Å². The summed E-state index contributed by atoms with van der Waals surface area (Å²) in [5.41, 5.74) is 8.31. The van der Waals surface area contributed by atoms with Crippen molar-refractivity contribution in [2.24, 2.45) is 5.92 Å². The van der Waals surface area contributed by atoms with Crippen molar-refractivity contribution in [1.82, 2.24) is 4.90 Å². The van der Waals surface area contributed by atoms with Crippen LogP contribution in [0.5, 0.6) is 0 Å². The summed E-state index contributed by atoms with van der Waals surface area (Å²) in [7, 11) is 4.23. The van der Waals surface area contributed by atoms with Gasteiger partial charge in [-0.15, -0.1) is 0 Å². The minimum atomic E-state index is 0.616. The van der Waals surface area contributed by atoms with Crippen molar-refractivity contribution in [2.75, 3.05) is 44.4 Å². The number of anilines is 2. The minimum Gasteiger partial charge on any atom is -0.397 e. The summed E-state index contributed by atoms with van der Waals surface area (Å²) < 4.78 is 0. The standard InChI is InChI=1S/C14H20N4/c1-17-6-5-12(9-17)10-18(2)14-4-3-11(8-15)7-13(14)16/h3-4,7,12H,5-6,9-10,16H2,1-2H3. The molecule has 1 atom stereocenters. The van der Waals surface area contributed by atoms with Gasteiger partial charge in [0.1, 0.15) is 0 Å². The van der Waals surface area contributed by atoms with Gasteiger partial charge in [-0.2, -0.15) is 5.26 Å². The molecule has 4 nitrogen and oxygen atoms in total. The van der Waals surface area contributed by atoms with Crippen LogP contribution in [-0.4, -0.2) is 38.6 Å². The third kappa shape index (κ3) is 2.74. The summed E-state index contributed by atoms with van der Waals surface area (Å²) in [6.07, 6.45) is 1.25. The van der Waals surface area contributed by atoms with Crippen molar-refractivity contribution in [3.8, 4) is 6.07 Å². The van der Waals surface area contributed by atoms with Gasteiger partial charge in [0.15, 0.2) is 0 Å². The summed E-state index contributed by atoms with van der Waals surface area (Å²) in [6, 6.07) is 7.61. The number of nitrogen functional groups attached to an aromatic ring is 1. The second kappa shape index (κ2) is 5.28. The van der Waals surface area contributed by atoms with Gasteiger partial charge in [-0.3, -0.25) is 0 Å². The Morgan fingerprint density at radius 3 is 2.89 bits per heavy atom. The normalized spacial score (nSPS) is 19.7. The highest BCUT2D eigenvalue weighted by Crippen LogP contribution is 2.25. The Morgan fingerprint density at radius 2 is 2.33 bits per heavy atom. The lowest BCUT2D eigenvalue weighted by Gasteiger charge is -2.24. The molecule has 18 heavy (non-hydrogen) atoms. The van der Waals surface area contributed by atoms with Crippen molar-refractivity contribution in [3.63, 3.8) is 0 Å². The first-order valence-electron chi connectivity index (χ1n) is 6.29. The molecular formula is C14H20N4. The van der Waals surface area contributed by atoms with Crippen molar-refractivity contribution in [2.45, 2.75) is 6.42 Å². The topological polar surface area (TPSA) is 56.3 Å². The molecule has 0 aliphatic carbocycles. The van der Waals surface area contributed by atoms with Gasteiger partial charge in [0.25, 0.3) is 0 Å². The highest BCUT2D eigenvalue weighted by molar-refractivity contribution is 5.69. The second-order valence-corrected chi connectivity index (χ2v) is 5.18. The molecule has 1 aromatic rings. The Balaban J connectivity index is 2.05. The Hall–Kier alpha value is -1.73. The van der Waals surface area contributed by atoms with E-state index in [-0.39, 0.29) is 0 Å². The Labute approximate surface area is 109 Å². The van der Waals surface area contributed by atoms with E-state index in [0.717, 1.165) is 18.8 Å². The van der Waals surface area contributed by atoms with E-state index < -0.39 is 0 Å². The molecule has 1 aromatic carbocycles. The van der Waals surface area contributed by atoms with Crippen LogP contribution in [0.15, 0.2) is 18.2 Å². The first-order valence-corrected chi connectivity index (χ1v) is 6.29. The van der Waals surface area contributed by atoms with Crippen molar-refractivity contribution >= 4 is 11.4 Å². The monoisotopic (exact) mass is 244 g/mol. The maximum Gasteiger partial charge on any atom is 0.0992 e. The van der Waals surface area contributed by atoms with Crippen LogP contribution < -0.4 is 10.6 Å². The zero-order valence-corrected chi connectivity index (χ0v) is 11.1. The third-order valence-electron chi connectivity index (χ3n) is 3.59. The van der Waals surface area contributed by atoms with Gasteiger partial charge in [-0.1, -0.05) is 0 Å². The fraction of sp³-hybridized carbons (Fsp3) is 0.500. The molecule has 96 valence electrons. The molecule has 4 heteroatoms.